The normalized spacial score (nSPS) is 20.2. The van der Waals surface area contributed by atoms with Gasteiger partial charge in [-0.25, -0.2) is 4.98 Å². The van der Waals surface area contributed by atoms with E-state index in [1.165, 1.54) is 11.8 Å². The van der Waals surface area contributed by atoms with Crippen LogP contribution in [0.3, 0.4) is 0 Å². The van der Waals surface area contributed by atoms with Crippen molar-refractivity contribution in [3.8, 4) is 6.07 Å². The zero-order valence-electron chi connectivity index (χ0n) is 6.02. The number of rotatable bonds is 0. The summed E-state index contributed by atoms with van der Waals surface area (Å²) in [6.07, 6.45) is 1.62. The first-order valence-corrected chi connectivity index (χ1v) is 4.26. The molecule has 4 heteroatoms. The largest absolute Gasteiger partial charge is 0.292 e. The van der Waals surface area contributed by atoms with Crippen LogP contribution in [-0.2, 0) is 0 Å². The van der Waals surface area contributed by atoms with Crippen LogP contribution >= 0.6 is 11.8 Å². The molecule has 1 aromatic rings. The highest BCUT2D eigenvalue weighted by atomic mass is 32.2. The quantitative estimate of drug-likeness (QED) is 0.597. The second-order valence-corrected chi connectivity index (χ2v) is 3.44. The third kappa shape index (κ3) is 0.908. The summed E-state index contributed by atoms with van der Waals surface area (Å²) in [5.74, 6) is -0.120. The molecule has 0 saturated carbocycles. The summed E-state index contributed by atoms with van der Waals surface area (Å²) in [5.41, 5.74) is 0.578. The number of carbonyl (C=O) groups excluding carboxylic acids is 1. The van der Waals surface area contributed by atoms with Crippen molar-refractivity contribution in [3.63, 3.8) is 0 Å². The van der Waals surface area contributed by atoms with Crippen LogP contribution in [0.25, 0.3) is 0 Å². The van der Waals surface area contributed by atoms with Gasteiger partial charge in [-0.05, 0) is 12.1 Å². The van der Waals surface area contributed by atoms with Crippen molar-refractivity contribution in [2.45, 2.75) is 10.3 Å². The number of Topliss-reactive ketones (excluding diaryl/α,β-unsaturated/α-hetero) is 1. The maximum absolute atomic E-state index is 11.3. The number of hydrogen-bond acceptors (Lipinski definition) is 4. The molecule has 1 aliphatic heterocycles. The minimum absolute atomic E-state index is 0.120. The topological polar surface area (TPSA) is 53.8 Å². The van der Waals surface area contributed by atoms with Gasteiger partial charge in [0, 0.05) is 6.20 Å². The Labute approximate surface area is 73.4 Å². The third-order valence-corrected chi connectivity index (χ3v) is 2.73. The van der Waals surface area contributed by atoms with Crippen molar-refractivity contribution in [2.75, 3.05) is 0 Å². The lowest BCUT2D eigenvalue weighted by Crippen LogP contribution is -2.07. The Morgan fingerprint density at radius 3 is 3.17 bits per heavy atom. The molecule has 0 aliphatic carbocycles. The maximum Gasteiger partial charge on any atom is 0.193 e. The molecule has 58 valence electrons. The second kappa shape index (κ2) is 2.61. The molecular formula is C8H4N2OS. The standard InChI is InChI=1S/C8H4N2OS/c9-4-6-7(11)5-2-1-3-10-8(5)12-6/h1-3,6H. The lowest BCUT2D eigenvalue weighted by Gasteiger charge is -1.89. The van der Waals surface area contributed by atoms with Crippen molar-refractivity contribution >= 4 is 17.5 Å². The fraction of sp³-hybridized carbons (Fsp3) is 0.125. The Bertz CT molecular complexity index is 383. The van der Waals surface area contributed by atoms with E-state index >= 15 is 0 Å². The molecule has 3 nitrogen and oxygen atoms in total. The number of carbonyl (C=O) groups is 1. The number of ketones is 1. The van der Waals surface area contributed by atoms with Crippen molar-refractivity contribution in [3.05, 3.63) is 23.9 Å². The molecule has 0 fully saturated rings. The van der Waals surface area contributed by atoms with E-state index in [4.69, 9.17) is 5.26 Å². The van der Waals surface area contributed by atoms with Crippen molar-refractivity contribution in [1.82, 2.24) is 4.98 Å². The molecular weight excluding hydrogens is 172 g/mol. The minimum Gasteiger partial charge on any atom is -0.292 e. The smallest absolute Gasteiger partial charge is 0.193 e. The molecule has 0 spiro atoms. The molecule has 0 bridgehead atoms. The van der Waals surface area contributed by atoms with Crippen molar-refractivity contribution < 1.29 is 4.79 Å². The third-order valence-electron chi connectivity index (χ3n) is 1.62. The average molecular weight is 176 g/mol. The molecule has 1 unspecified atom stereocenters. The van der Waals surface area contributed by atoms with Crippen LogP contribution in [0.4, 0.5) is 0 Å². The number of nitrogens with zero attached hydrogens (tertiary/aromatic N) is 2. The summed E-state index contributed by atoms with van der Waals surface area (Å²) in [6, 6.07) is 5.34. The van der Waals surface area contributed by atoms with E-state index in [2.05, 4.69) is 4.98 Å². The summed E-state index contributed by atoms with van der Waals surface area (Å²) < 4.78 is 0. The molecule has 12 heavy (non-hydrogen) atoms. The molecule has 1 atom stereocenters. The first-order valence-electron chi connectivity index (χ1n) is 3.38. The van der Waals surface area contributed by atoms with E-state index in [-0.39, 0.29) is 5.78 Å². The van der Waals surface area contributed by atoms with Crippen LogP contribution in [-0.4, -0.2) is 16.0 Å². The van der Waals surface area contributed by atoms with Gasteiger partial charge in [-0.1, -0.05) is 11.8 Å². The molecule has 2 rings (SSSR count). The lowest BCUT2D eigenvalue weighted by molar-refractivity contribution is 0.100. The van der Waals surface area contributed by atoms with Crippen molar-refractivity contribution in [1.29, 1.82) is 5.26 Å². The number of thioether (sulfide) groups is 1. The van der Waals surface area contributed by atoms with Gasteiger partial charge < -0.3 is 0 Å². The van der Waals surface area contributed by atoms with Crippen LogP contribution < -0.4 is 0 Å². The van der Waals surface area contributed by atoms with E-state index in [0.29, 0.717) is 10.6 Å². The zero-order valence-corrected chi connectivity index (χ0v) is 6.84. The van der Waals surface area contributed by atoms with Gasteiger partial charge in [-0.3, -0.25) is 4.79 Å². The van der Waals surface area contributed by atoms with Gasteiger partial charge in [-0.15, -0.1) is 0 Å². The van der Waals surface area contributed by atoms with Gasteiger partial charge in [0.05, 0.1) is 11.6 Å². The van der Waals surface area contributed by atoms with Crippen LogP contribution in [0.1, 0.15) is 10.4 Å². The zero-order chi connectivity index (χ0) is 8.55. The van der Waals surface area contributed by atoms with Crippen LogP contribution in [0.2, 0.25) is 0 Å². The first kappa shape index (κ1) is 7.32. The van der Waals surface area contributed by atoms with Gasteiger partial charge in [-0.2, -0.15) is 5.26 Å². The predicted molar refractivity (Wildman–Crippen MR) is 43.8 cm³/mol. The van der Waals surface area contributed by atoms with Crippen molar-refractivity contribution in [2.24, 2.45) is 0 Å². The molecule has 0 aromatic carbocycles. The maximum atomic E-state index is 11.3. The molecule has 1 aliphatic rings. The SMILES string of the molecule is N#CC1Sc2ncccc2C1=O. The number of fused-ring (bicyclic) bond motifs is 1. The van der Waals surface area contributed by atoms with Crippen LogP contribution in [0.5, 0.6) is 0 Å². The fourth-order valence-corrected chi connectivity index (χ4v) is 1.99. The van der Waals surface area contributed by atoms with Crippen LogP contribution in [0, 0.1) is 11.3 Å². The van der Waals surface area contributed by atoms with Gasteiger partial charge in [0.25, 0.3) is 0 Å². The number of hydrogen-bond donors (Lipinski definition) is 0. The predicted octanol–water partition coefficient (Wildman–Crippen LogP) is 1.26. The summed E-state index contributed by atoms with van der Waals surface area (Å²) in [4.78, 5) is 15.3. The summed E-state index contributed by atoms with van der Waals surface area (Å²) in [7, 11) is 0. The monoisotopic (exact) mass is 176 g/mol. The van der Waals surface area contributed by atoms with Gasteiger partial charge in [0.2, 0.25) is 0 Å². The fourth-order valence-electron chi connectivity index (χ4n) is 1.06. The van der Waals surface area contributed by atoms with Gasteiger partial charge >= 0.3 is 0 Å². The van der Waals surface area contributed by atoms with E-state index in [9.17, 15) is 4.79 Å². The Morgan fingerprint density at radius 2 is 2.50 bits per heavy atom. The first-order chi connectivity index (χ1) is 5.83. The molecule has 0 amide bonds. The average Bonchev–Trinajstić information content (AvgIpc) is 2.44. The second-order valence-electron chi connectivity index (χ2n) is 2.35. The highest BCUT2D eigenvalue weighted by molar-refractivity contribution is 8.01. The summed E-state index contributed by atoms with van der Waals surface area (Å²) in [6.45, 7) is 0. The molecule has 0 N–H and O–H groups in total. The van der Waals surface area contributed by atoms with Crippen LogP contribution in [0.15, 0.2) is 23.4 Å². The summed E-state index contributed by atoms with van der Waals surface area (Å²) in [5, 5.41) is 8.68. The van der Waals surface area contributed by atoms with Gasteiger partial charge in [0.1, 0.15) is 5.03 Å². The number of pyridine rings is 1. The number of aromatic nitrogens is 1. The highest BCUT2D eigenvalue weighted by Crippen LogP contribution is 2.34. The molecule has 2 heterocycles. The van der Waals surface area contributed by atoms with E-state index in [0.717, 1.165) is 0 Å². The minimum atomic E-state index is -0.588. The molecule has 0 saturated heterocycles. The Morgan fingerprint density at radius 1 is 1.67 bits per heavy atom. The number of nitriles is 1. The molecule has 0 radical (unpaired) electrons. The van der Waals surface area contributed by atoms with E-state index < -0.39 is 5.25 Å². The Kier molecular flexibility index (Phi) is 1.59. The summed E-state index contributed by atoms with van der Waals surface area (Å²) >= 11 is 1.22. The Balaban J connectivity index is 2.51. The van der Waals surface area contributed by atoms with E-state index in [1.807, 2.05) is 6.07 Å². The van der Waals surface area contributed by atoms with E-state index in [1.54, 1.807) is 18.3 Å². The van der Waals surface area contributed by atoms with Gasteiger partial charge in [0.15, 0.2) is 11.0 Å². The Hall–Kier alpha value is -1.34. The molecule has 1 aromatic heterocycles. The lowest BCUT2D eigenvalue weighted by atomic mass is 10.1. The highest BCUT2D eigenvalue weighted by Gasteiger charge is 2.31.